The second-order valence-corrected chi connectivity index (χ2v) is 8.30. The normalized spacial score (nSPS) is 11.1. The van der Waals surface area contributed by atoms with Crippen molar-refractivity contribution in [3.05, 3.63) is 57.1 Å². The Balaban J connectivity index is 1.47. The van der Waals surface area contributed by atoms with Crippen LogP contribution in [0.4, 0.5) is 5.95 Å². The molecule has 4 aromatic rings. The molecule has 0 aliphatic carbocycles. The van der Waals surface area contributed by atoms with Crippen molar-refractivity contribution in [1.82, 2.24) is 14.6 Å². The SMILES string of the molecule is Cc1ccc(-c2csc3nc(NC(=O)CCC(=O)c4cccs4)nn23)c(C)c1. The van der Waals surface area contributed by atoms with Crippen molar-refractivity contribution in [3.8, 4) is 11.3 Å². The van der Waals surface area contributed by atoms with Crippen LogP contribution in [-0.2, 0) is 4.79 Å². The first kappa shape index (κ1) is 18.5. The second kappa shape index (κ2) is 7.65. The summed E-state index contributed by atoms with van der Waals surface area (Å²) in [4.78, 5) is 30.0. The molecule has 1 aromatic carbocycles. The number of benzene rings is 1. The molecule has 0 bridgehead atoms. The maximum absolute atomic E-state index is 12.2. The quantitative estimate of drug-likeness (QED) is 0.466. The molecule has 0 atom stereocenters. The van der Waals surface area contributed by atoms with Gasteiger partial charge >= 0.3 is 0 Å². The van der Waals surface area contributed by atoms with Crippen LogP contribution in [0.3, 0.4) is 0 Å². The third-order valence-corrected chi connectivity index (χ3v) is 6.09. The van der Waals surface area contributed by atoms with Crippen LogP contribution in [0, 0.1) is 13.8 Å². The fourth-order valence-electron chi connectivity index (χ4n) is 3.00. The smallest absolute Gasteiger partial charge is 0.250 e. The molecule has 0 radical (unpaired) electrons. The number of amides is 1. The van der Waals surface area contributed by atoms with Gasteiger partial charge in [0, 0.05) is 23.8 Å². The van der Waals surface area contributed by atoms with Gasteiger partial charge in [0.1, 0.15) is 0 Å². The molecule has 0 saturated heterocycles. The molecule has 0 aliphatic rings. The number of carbonyl (C=O) groups is 2. The highest BCUT2D eigenvalue weighted by atomic mass is 32.1. The Bertz CT molecular complexity index is 1160. The van der Waals surface area contributed by atoms with Gasteiger partial charge in [-0.05, 0) is 30.9 Å². The van der Waals surface area contributed by atoms with Crippen LogP contribution in [0.15, 0.2) is 41.1 Å². The summed E-state index contributed by atoms with van der Waals surface area (Å²) in [5, 5.41) is 11.0. The molecule has 3 heterocycles. The summed E-state index contributed by atoms with van der Waals surface area (Å²) in [6, 6.07) is 9.86. The highest BCUT2D eigenvalue weighted by molar-refractivity contribution is 7.15. The summed E-state index contributed by atoms with van der Waals surface area (Å²) in [5.74, 6) is -0.0382. The number of Topliss-reactive ketones (excluding diaryl/α,β-unsaturated/α-hetero) is 1. The summed E-state index contributed by atoms with van der Waals surface area (Å²) in [5.41, 5.74) is 4.39. The maximum Gasteiger partial charge on any atom is 0.250 e. The van der Waals surface area contributed by atoms with Gasteiger partial charge in [-0.3, -0.25) is 14.9 Å². The van der Waals surface area contributed by atoms with Gasteiger partial charge in [0.25, 0.3) is 0 Å². The molecule has 0 saturated carbocycles. The number of ketones is 1. The van der Waals surface area contributed by atoms with E-state index >= 15 is 0 Å². The van der Waals surface area contributed by atoms with Crippen molar-refractivity contribution in [1.29, 1.82) is 0 Å². The van der Waals surface area contributed by atoms with Gasteiger partial charge in [0.15, 0.2) is 5.78 Å². The lowest BCUT2D eigenvalue weighted by Gasteiger charge is -2.05. The van der Waals surface area contributed by atoms with Gasteiger partial charge in [-0.25, -0.2) is 4.52 Å². The highest BCUT2D eigenvalue weighted by Crippen LogP contribution is 2.29. The van der Waals surface area contributed by atoms with Gasteiger partial charge in [-0.15, -0.1) is 27.8 Å². The summed E-state index contributed by atoms with van der Waals surface area (Å²) in [6.07, 6.45) is 0.274. The van der Waals surface area contributed by atoms with E-state index in [1.807, 2.05) is 16.8 Å². The van der Waals surface area contributed by atoms with Crippen LogP contribution in [0.5, 0.6) is 0 Å². The van der Waals surface area contributed by atoms with Crippen LogP contribution < -0.4 is 5.32 Å². The molecular formula is C20H18N4O2S2. The van der Waals surface area contributed by atoms with E-state index in [0.29, 0.717) is 9.84 Å². The molecular weight excluding hydrogens is 392 g/mol. The molecule has 1 amide bonds. The molecule has 1 N–H and O–H groups in total. The predicted octanol–water partition coefficient (Wildman–Crippen LogP) is 4.74. The van der Waals surface area contributed by atoms with Crippen molar-refractivity contribution in [2.24, 2.45) is 0 Å². The van der Waals surface area contributed by atoms with Crippen LogP contribution >= 0.6 is 22.7 Å². The van der Waals surface area contributed by atoms with Crippen LogP contribution in [0.1, 0.15) is 33.6 Å². The van der Waals surface area contributed by atoms with E-state index in [9.17, 15) is 9.59 Å². The third kappa shape index (κ3) is 3.74. The molecule has 0 spiro atoms. The first-order valence-corrected chi connectivity index (χ1v) is 10.6. The van der Waals surface area contributed by atoms with Crippen molar-refractivity contribution < 1.29 is 9.59 Å². The van der Waals surface area contributed by atoms with Gasteiger partial charge in [0.05, 0.1) is 10.6 Å². The Morgan fingerprint density at radius 1 is 1.14 bits per heavy atom. The number of rotatable bonds is 6. The number of nitrogens with one attached hydrogen (secondary N) is 1. The zero-order chi connectivity index (χ0) is 19.7. The van der Waals surface area contributed by atoms with E-state index in [1.165, 1.54) is 28.2 Å². The Kier molecular flexibility index (Phi) is 5.06. The molecule has 0 unspecified atom stereocenters. The molecule has 4 rings (SSSR count). The molecule has 28 heavy (non-hydrogen) atoms. The van der Waals surface area contributed by atoms with Gasteiger partial charge in [-0.1, -0.05) is 29.8 Å². The minimum Gasteiger partial charge on any atom is -0.293 e. The number of carbonyl (C=O) groups excluding carboxylic acids is 2. The van der Waals surface area contributed by atoms with Crippen molar-refractivity contribution in [3.63, 3.8) is 0 Å². The number of hydrogen-bond donors (Lipinski definition) is 1. The monoisotopic (exact) mass is 410 g/mol. The number of aryl methyl sites for hydroxylation is 2. The lowest BCUT2D eigenvalue weighted by Crippen LogP contribution is -2.14. The standard InChI is InChI=1S/C20H18N4O2S2/c1-12-5-6-14(13(2)10-12)15-11-28-20-22-19(23-24(15)20)21-18(26)8-7-16(25)17-4-3-9-27-17/h3-6,9-11H,7-8H2,1-2H3,(H,21,23,26). The average molecular weight is 411 g/mol. The summed E-state index contributed by atoms with van der Waals surface area (Å²) < 4.78 is 1.74. The zero-order valence-electron chi connectivity index (χ0n) is 15.4. The lowest BCUT2D eigenvalue weighted by atomic mass is 10.0. The van der Waals surface area contributed by atoms with Crippen LogP contribution in [0.25, 0.3) is 16.2 Å². The summed E-state index contributed by atoms with van der Waals surface area (Å²) in [6.45, 7) is 4.13. The van der Waals surface area contributed by atoms with E-state index in [0.717, 1.165) is 16.8 Å². The van der Waals surface area contributed by atoms with Crippen molar-refractivity contribution in [2.75, 3.05) is 5.32 Å². The first-order chi connectivity index (χ1) is 13.5. The minimum atomic E-state index is -0.267. The molecule has 8 heteroatoms. The molecule has 0 fully saturated rings. The second-order valence-electron chi connectivity index (χ2n) is 6.52. The molecule has 3 aromatic heterocycles. The maximum atomic E-state index is 12.2. The van der Waals surface area contributed by atoms with E-state index in [2.05, 4.69) is 47.4 Å². The van der Waals surface area contributed by atoms with E-state index < -0.39 is 0 Å². The number of nitrogens with zero attached hydrogens (tertiary/aromatic N) is 3. The third-order valence-electron chi connectivity index (χ3n) is 4.37. The minimum absolute atomic E-state index is 0.0268. The number of thiophene rings is 1. The predicted molar refractivity (Wildman–Crippen MR) is 112 cm³/mol. The Morgan fingerprint density at radius 3 is 2.75 bits per heavy atom. The van der Waals surface area contributed by atoms with Gasteiger partial charge in [-0.2, -0.15) is 4.98 Å². The molecule has 0 aliphatic heterocycles. The zero-order valence-corrected chi connectivity index (χ0v) is 17.1. The van der Waals surface area contributed by atoms with E-state index in [-0.39, 0.29) is 30.5 Å². The number of hydrogen-bond acceptors (Lipinski definition) is 6. The van der Waals surface area contributed by atoms with E-state index in [4.69, 9.17) is 0 Å². The number of anilines is 1. The Hall–Kier alpha value is -2.84. The topological polar surface area (TPSA) is 76.4 Å². The Labute approximate surface area is 169 Å². The number of fused-ring (bicyclic) bond motifs is 1. The number of thiazole rings is 1. The number of aromatic nitrogens is 3. The summed E-state index contributed by atoms with van der Waals surface area (Å²) in [7, 11) is 0. The fraction of sp³-hybridized carbons (Fsp3) is 0.200. The average Bonchev–Trinajstić information content (AvgIpc) is 3.37. The van der Waals surface area contributed by atoms with E-state index in [1.54, 1.807) is 10.6 Å². The van der Waals surface area contributed by atoms with Crippen LogP contribution in [-0.4, -0.2) is 26.3 Å². The largest absolute Gasteiger partial charge is 0.293 e. The fourth-order valence-corrected chi connectivity index (χ4v) is 4.51. The van der Waals surface area contributed by atoms with Gasteiger partial charge < -0.3 is 0 Å². The van der Waals surface area contributed by atoms with Gasteiger partial charge in [0.2, 0.25) is 16.8 Å². The first-order valence-electron chi connectivity index (χ1n) is 8.80. The molecule has 142 valence electrons. The Morgan fingerprint density at radius 2 is 2.00 bits per heavy atom. The highest BCUT2D eigenvalue weighted by Gasteiger charge is 2.16. The van der Waals surface area contributed by atoms with Crippen LogP contribution in [0.2, 0.25) is 0 Å². The summed E-state index contributed by atoms with van der Waals surface area (Å²) >= 11 is 2.86. The van der Waals surface area contributed by atoms with Crippen molar-refractivity contribution >= 4 is 45.3 Å². The van der Waals surface area contributed by atoms with Crippen molar-refractivity contribution in [2.45, 2.75) is 26.7 Å². The lowest BCUT2D eigenvalue weighted by molar-refractivity contribution is -0.116. The molecule has 6 nitrogen and oxygen atoms in total.